The van der Waals surface area contributed by atoms with E-state index in [4.69, 9.17) is 23.1 Å². The highest BCUT2D eigenvalue weighted by atomic mass is 35.5. The molecule has 0 saturated carbocycles. The van der Waals surface area contributed by atoms with Crippen LogP contribution in [0.5, 0.6) is 0 Å². The number of rotatable bonds is 0. The molecule has 0 saturated heterocycles. The fourth-order valence-corrected chi connectivity index (χ4v) is 1.22. The van der Waals surface area contributed by atoms with Crippen LogP contribution in [-0.4, -0.2) is 9.97 Å². The van der Waals surface area contributed by atoms with Crippen LogP contribution in [-0.2, 0) is 0 Å². The summed E-state index contributed by atoms with van der Waals surface area (Å²) in [6.07, 6.45) is 1.51. The highest BCUT2D eigenvalue weighted by Gasteiger charge is 2.04. The van der Waals surface area contributed by atoms with Gasteiger partial charge in [0, 0.05) is 0 Å². The number of nitrogen functional groups attached to an aromatic ring is 2. The molecule has 2 rings (SSSR count). The van der Waals surface area contributed by atoms with E-state index < -0.39 is 0 Å². The van der Waals surface area contributed by atoms with E-state index in [-0.39, 0.29) is 0 Å². The van der Waals surface area contributed by atoms with E-state index in [1.165, 1.54) is 6.20 Å². The molecule has 0 fully saturated rings. The minimum atomic E-state index is 0.381. The molecule has 0 radical (unpaired) electrons. The number of fused-ring (bicyclic) bond motifs is 1. The van der Waals surface area contributed by atoms with Crippen LogP contribution in [0.25, 0.3) is 11.0 Å². The number of aromatic nitrogens is 2. The number of nitrogens with zero attached hydrogens (tertiary/aromatic N) is 2. The van der Waals surface area contributed by atoms with Gasteiger partial charge in [-0.3, -0.25) is 4.98 Å². The van der Waals surface area contributed by atoms with Crippen molar-refractivity contribution < 1.29 is 0 Å². The fraction of sp³-hybridized carbons (Fsp3) is 0. The zero-order chi connectivity index (χ0) is 9.42. The van der Waals surface area contributed by atoms with Gasteiger partial charge in [-0.1, -0.05) is 11.6 Å². The fourth-order valence-electron chi connectivity index (χ4n) is 1.08. The summed E-state index contributed by atoms with van der Waals surface area (Å²) in [6.45, 7) is 0. The van der Waals surface area contributed by atoms with Crippen LogP contribution in [0.2, 0.25) is 5.15 Å². The maximum atomic E-state index is 5.71. The van der Waals surface area contributed by atoms with Crippen molar-refractivity contribution in [1.29, 1.82) is 0 Å². The molecule has 2 aromatic rings. The van der Waals surface area contributed by atoms with Crippen molar-refractivity contribution in [2.24, 2.45) is 0 Å². The summed E-state index contributed by atoms with van der Waals surface area (Å²) in [5, 5.41) is 0.381. The average Bonchev–Trinajstić information content (AvgIpc) is 2.12. The highest BCUT2D eigenvalue weighted by Crippen LogP contribution is 2.23. The Labute approximate surface area is 79.5 Å². The summed E-state index contributed by atoms with van der Waals surface area (Å²) in [4.78, 5) is 8.09. The predicted octanol–water partition coefficient (Wildman–Crippen LogP) is 1.45. The van der Waals surface area contributed by atoms with Crippen LogP contribution in [0.1, 0.15) is 0 Å². The summed E-state index contributed by atoms with van der Waals surface area (Å²) in [5.41, 5.74) is 13.3. The Morgan fingerprint density at radius 1 is 1.23 bits per heavy atom. The summed E-state index contributed by atoms with van der Waals surface area (Å²) in [7, 11) is 0. The third kappa shape index (κ3) is 1.25. The van der Waals surface area contributed by atoms with Gasteiger partial charge in [0.05, 0.1) is 23.1 Å². The maximum absolute atomic E-state index is 5.71. The van der Waals surface area contributed by atoms with E-state index in [0.717, 1.165) is 0 Å². The van der Waals surface area contributed by atoms with Gasteiger partial charge in [0.25, 0.3) is 0 Å². The number of halogens is 1. The lowest BCUT2D eigenvalue weighted by atomic mass is 10.2. The Morgan fingerprint density at radius 3 is 2.77 bits per heavy atom. The second kappa shape index (κ2) is 2.74. The zero-order valence-electron chi connectivity index (χ0n) is 6.66. The Morgan fingerprint density at radius 2 is 2.00 bits per heavy atom. The van der Waals surface area contributed by atoms with Crippen LogP contribution in [0.4, 0.5) is 11.4 Å². The van der Waals surface area contributed by atoms with Crippen LogP contribution < -0.4 is 11.5 Å². The van der Waals surface area contributed by atoms with Gasteiger partial charge in [-0.2, -0.15) is 0 Å². The predicted molar refractivity (Wildman–Crippen MR) is 53.4 cm³/mol. The maximum Gasteiger partial charge on any atom is 0.130 e. The molecular formula is C8H7ClN4. The van der Waals surface area contributed by atoms with Crippen molar-refractivity contribution in [3.05, 3.63) is 23.5 Å². The lowest BCUT2D eigenvalue weighted by molar-refractivity contribution is 1.34. The van der Waals surface area contributed by atoms with Gasteiger partial charge in [-0.15, -0.1) is 0 Å². The Balaban J connectivity index is 2.89. The van der Waals surface area contributed by atoms with Gasteiger partial charge in [0.2, 0.25) is 0 Å². The van der Waals surface area contributed by atoms with E-state index in [2.05, 4.69) is 9.97 Å². The van der Waals surface area contributed by atoms with Crippen molar-refractivity contribution in [3.63, 3.8) is 0 Å². The topological polar surface area (TPSA) is 77.8 Å². The van der Waals surface area contributed by atoms with Gasteiger partial charge in [0.15, 0.2) is 0 Å². The molecule has 0 amide bonds. The lowest BCUT2D eigenvalue weighted by Crippen LogP contribution is -1.98. The number of hydrogen-bond donors (Lipinski definition) is 2. The molecule has 4 N–H and O–H groups in total. The van der Waals surface area contributed by atoms with E-state index in [0.29, 0.717) is 27.6 Å². The third-order valence-corrected chi connectivity index (χ3v) is 1.96. The minimum Gasteiger partial charge on any atom is -0.396 e. The Bertz CT molecular complexity index is 464. The summed E-state index contributed by atoms with van der Waals surface area (Å²) in [5.74, 6) is 0. The lowest BCUT2D eigenvalue weighted by Gasteiger charge is -2.03. The summed E-state index contributed by atoms with van der Waals surface area (Å²) >= 11 is 5.71. The van der Waals surface area contributed by atoms with Crippen molar-refractivity contribution >= 4 is 34.0 Å². The molecule has 0 aliphatic heterocycles. The second-order valence-electron chi connectivity index (χ2n) is 2.63. The highest BCUT2D eigenvalue weighted by molar-refractivity contribution is 6.29. The van der Waals surface area contributed by atoms with Crippen molar-refractivity contribution in [3.8, 4) is 0 Å². The molecule has 0 spiro atoms. The SMILES string of the molecule is Nc1cnc2ccc(Cl)nc2c1N. The van der Waals surface area contributed by atoms with Gasteiger partial charge in [-0.05, 0) is 12.1 Å². The molecule has 0 unspecified atom stereocenters. The molecule has 0 aliphatic carbocycles. The molecular weight excluding hydrogens is 188 g/mol. The number of nitrogens with two attached hydrogens (primary N) is 2. The number of anilines is 2. The first-order chi connectivity index (χ1) is 6.18. The Hall–Kier alpha value is -1.55. The Kier molecular flexibility index (Phi) is 1.70. The van der Waals surface area contributed by atoms with E-state index >= 15 is 0 Å². The van der Waals surface area contributed by atoms with Crippen molar-refractivity contribution in [2.75, 3.05) is 11.5 Å². The molecule has 4 nitrogen and oxygen atoms in total. The third-order valence-electron chi connectivity index (χ3n) is 1.75. The molecule has 13 heavy (non-hydrogen) atoms. The van der Waals surface area contributed by atoms with Crippen LogP contribution >= 0.6 is 11.6 Å². The molecule has 66 valence electrons. The zero-order valence-corrected chi connectivity index (χ0v) is 7.42. The van der Waals surface area contributed by atoms with Gasteiger partial charge < -0.3 is 11.5 Å². The molecule has 0 atom stereocenters. The molecule has 2 heterocycles. The summed E-state index contributed by atoms with van der Waals surface area (Å²) in [6, 6.07) is 3.41. The van der Waals surface area contributed by atoms with E-state index in [1.54, 1.807) is 12.1 Å². The van der Waals surface area contributed by atoms with Crippen LogP contribution in [0, 0.1) is 0 Å². The molecule has 5 heteroatoms. The van der Waals surface area contributed by atoms with Gasteiger partial charge >= 0.3 is 0 Å². The normalized spacial score (nSPS) is 10.5. The first-order valence-electron chi connectivity index (χ1n) is 3.64. The van der Waals surface area contributed by atoms with Crippen LogP contribution in [0.15, 0.2) is 18.3 Å². The molecule has 0 aliphatic rings. The van der Waals surface area contributed by atoms with Gasteiger partial charge in [-0.25, -0.2) is 4.98 Å². The largest absolute Gasteiger partial charge is 0.396 e. The number of hydrogen-bond acceptors (Lipinski definition) is 4. The first kappa shape index (κ1) is 8.07. The van der Waals surface area contributed by atoms with E-state index in [1.807, 2.05) is 0 Å². The van der Waals surface area contributed by atoms with Crippen LogP contribution in [0.3, 0.4) is 0 Å². The van der Waals surface area contributed by atoms with Crippen molar-refractivity contribution in [2.45, 2.75) is 0 Å². The average molecular weight is 195 g/mol. The summed E-state index contributed by atoms with van der Waals surface area (Å²) < 4.78 is 0. The van der Waals surface area contributed by atoms with Crippen molar-refractivity contribution in [1.82, 2.24) is 9.97 Å². The smallest absolute Gasteiger partial charge is 0.130 e. The molecule has 0 aromatic carbocycles. The van der Waals surface area contributed by atoms with Gasteiger partial charge in [0.1, 0.15) is 10.7 Å². The minimum absolute atomic E-state index is 0.381. The standard InChI is InChI=1S/C8H7ClN4/c9-6-2-1-5-8(13-6)7(11)4(10)3-12-5/h1-3H,10H2,(H2,11,12). The molecule has 0 bridgehead atoms. The van der Waals surface area contributed by atoms with E-state index in [9.17, 15) is 0 Å². The quantitative estimate of drug-likeness (QED) is 0.623. The number of pyridine rings is 2. The molecule has 2 aromatic heterocycles. The first-order valence-corrected chi connectivity index (χ1v) is 4.02. The monoisotopic (exact) mass is 194 g/mol. The second-order valence-corrected chi connectivity index (χ2v) is 3.02.